The summed E-state index contributed by atoms with van der Waals surface area (Å²) < 4.78 is 10.3. The average molecular weight is 964 g/mol. The van der Waals surface area contributed by atoms with Gasteiger partial charge in [0.25, 0.3) is 5.97 Å². The molecule has 0 aliphatic rings. The standard InChI is InChI=1S/C18H18O2.C15H22O2.C13H18O2.C9H12O.C2H4O2.CH3NO2/c19-18(14-13-17-10-5-2-6-11-17)20-15-7-12-16-8-3-1-4-9-16;1-2-3-11-14(15(16)17)12-7-10-13-8-5-4-6-9-13;1-3-7-13(14)15-10-11(2)12-8-5-4-6-9-12;10-8-4-7-9-5-2-1-3-6-9;1-2(3)4;2-1(3)4/h1-6,8-11,13-14H,7,12,15H2;4-6,8-9,14H,2-3,7,10-12H2,1H3,(H,16,17);4-6,8-9,11H,3,7,10H2,1-2H3;1-3,5-6,10H,4,7-8H2;1H3,(H,3,4);2H2,(H,3,4). The van der Waals surface area contributed by atoms with Gasteiger partial charge in [-0.3, -0.25) is 14.4 Å². The van der Waals surface area contributed by atoms with Crippen LogP contribution in [0.25, 0.3) is 6.08 Å². The molecule has 1 amide bonds. The minimum atomic E-state index is -1.33. The van der Waals surface area contributed by atoms with Gasteiger partial charge in [-0.2, -0.15) is 0 Å². The number of carbonyl (C=O) groups is 5. The number of hydrogen-bond acceptors (Lipinski definition) is 8. The lowest BCUT2D eigenvalue weighted by atomic mass is 9.95. The first-order chi connectivity index (χ1) is 33.7. The molecule has 0 saturated heterocycles. The smallest absolute Gasteiger partial charge is 0.402 e. The van der Waals surface area contributed by atoms with Crippen LogP contribution in [0.3, 0.4) is 0 Å². The molecule has 0 radical (unpaired) electrons. The number of rotatable bonds is 22. The Morgan fingerprint density at radius 2 is 1.00 bits per heavy atom. The Morgan fingerprint density at radius 1 is 0.586 bits per heavy atom. The van der Waals surface area contributed by atoms with Gasteiger partial charge in [-0.1, -0.05) is 185 Å². The number of aliphatic hydroxyl groups excluding tert-OH is 1. The van der Waals surface area contributed by atoms with Crippen LogP contribution in [-0.4, -0.2) is 70.2 Å². The van der Waals surface area contributed by atoms with Crippen LogP contribution in [0.4, 0.5) is 4.79 Å². The molecule has 0 aromatic heterocycles. The number of unbranched alkanes of at least 4 members (excludes halogenated alkanes) is 1. The van der Waals surface area contributed by atoms with Gasteiger partial charge in [0.1, 0.15) is 0 Å². The number of ether oxygens (including phenoxy) is 2. The second kappa shape index (κ2) is 43.2. The maximum absolute atomic E-state index is 11.5. The molecule has 380 valence electrons. The Bertz CT molecular complexity index is 2060. The summed E-state index contributed by atoms with van der Waals surface area (Å²) >= 11 is 0. The molecule has 6 N–H and O–H groups in total. The van der Waals surface area contributed by atoms with Crippen LogP contribution in [0, 0.1) is 5.92 Å². The lowest BCUT2D eigenvalue weighted by Crippen LogP contribution is -2.13. The molecule has 0 spiro atoms. The van der Waals surface area contributed by atoms with Crippen molar-refractivity contribution in [3.63, 3.8) is 0 Å². The summed E-state index contributed by atoms with van der Waals surface area (Å²) in [6, 6.07) is 50.5. The van der Waals surface area contributed by atoms with Gasteiger partial charge >= 0.3 is 24.0 Å². The molecular weight excluding hydrogens is 887 g/mol. The highest BCUT2D eigenvalue weighted by Gasteiger charge is 2.16. The van der Waals surface area contributed by atoms with Crippen molar-refractivity contribution in [2.45, 2.75) is 111 Å². The minimum Gasteiger partial charge on any atom is -0.481 e. The van der Waals surface area contributed by atoms with Gasteiger partial charge in [-0.15, -0.1) is 0 Å². The van der Waals surface area contributed by atoms with E-state index in [2.05, 4.69) is 68.1 Å². The Hall–Kier alpha value is -7.05. The molecule has 0 bridgehead atoms. The van der Waals surface area contributed by atoms with Gasteiger partial charge in [0, 0.05) is 31.9 Å². The minimum absolute atomic E-state index is 0.0970. The molecule has 2 unspecified atom stereocenters. The molecule has 0 heterocycles. The number of primary amides is 1. The number of aliphatic carboxylic acids is 2. The molecule has 5 rings (SSSR count). The third kappa shape index (κ3) is 39.0. The molecule has 12 nitrogen and oxygen atoms in total. The van der Waals surface area contributed by atoms with Gasteiger partial charge in [-0.05, 0) is 91.7 Å². The number of aryl methyl sites for hydroxylation is 3. The molecule has 2 atom stereocenters. The molecule has 0 fully saturated rings. The van der Waals surface area contributed by atoms with E-state index >= 15 is 0 Å². The summed E-state index contributed by atoms with van der Waals surface area (Å²) in [7, 11) is 0. The number of carboxylic acid groups (broad SMARTS) is 3. The molecular formula is C58H77NO11. The number of nitrogens with two attached hydrogens (primary N) is 1. The summed E-state index contributed by atoms with van der Waals surface area (Å²) in [5.41, 5.74) is 10.1. The number of hydrogen-bond donors (Lipinski definition) is 5. The maximum Gasteiger partial charge on any atom is 0.402 e. The van der Waals surface area contributed by atoms with Gasteiger partial charge in [-0.25, -0.2) is 9.59 Å². The first-order valence-electron chi connectivity index (χ1n) is 24.0. The zero-order valence-electron chi connectivity index (χ0n) is 41.6. The third-order valence-corrected chi connectivity index (χ3v) is 9.81. The zero-order chi connectivity index (χ0) is 52.0. The van der Waals surface area contributed by atoms with Crippen LogP contribution in [-0.2, 0) is 47.9 Å². The largest absolute Gasteiger partial charge is 0.481 e. The topological polar surface area (TPSA) is 211 Å². The Kier molecular flexibility index (Phi) is 38.9. The van der Waals surface area contributed by atoms with Crippen molar-refractivity contribution >= 4 is 36.0 Å². The van der Waals surface area contributed by atoms with Gasteiger partial charge < -0.3 is 35.6 Å². The zero-order valence-corrected chi connectivity index (χ0v) is 41.6. The summed E-state index contributed by atoms with van der Waals surface area (Å²) in [5.74, 6) is -1.74. The lowest BCUT2D eigenvalue weighted by molar-refractivity contribution is -0.144. The average Bonchev–Trinajstić information content (AvgIpc) is 3.36. The summed E-state index contributed by atoms with van der Waals surface area (Å²) in [6.07, 6.45) is 12.5. The number of carboxylic acids is 2. The van der Waals surface area contributed by atoms with E-state index in [0.29, 0.717) is 19.6 Å². The normalized spacial score (nSPS) is 10.7. The molecule has 0 aliphatic carbocycles. The molecule has 12 heteroatoms. The van der Waals surface area contributed by atoms with E-state index in [4.69, 9.17) is 39.5 Å². The van der Waals surface area contributed by atoms with Crippen molar-refractivity contribution in [1.82, 2.24) is 0 Å². The van der Waals surface area contributed by atoms with Crippen molar-refractivity contribution in [1.29, 1.82) is 0 Å². The highest BCUT2D eigenvalue weighted by molar-refractivity contribution is 5.87. The van der Waals surface area contributed by atoms with E-state index in [9.17, 15) is 14.4 Å². The second-order valence-corrected chi connectivity index (χ2v) is 16.0. The molecule has 70 heavy (non-hydrogen) atoms. The monoisotopic (exact) mass is 964 g/mol. The first kappa shape index (κ1) is 63.0. The lowest BCUT2D eigenvalue weighted by Gasteiger charge is -2.11. The van der Waals surface area contributed by atoms with Crippen LogP contribution < -0.4 is 5.73 Å². The fourth-order valence-electron chi connectivity index (χ4n) is 6.21. The van der Waals surface area contributed by atoms with Crippen molar-refractivity contribution < 1.29 is 53.9 Å². The van der Waals surface area contributed by atoms with Crippen LogP contribution in [0.1, 0.15) is 119 Å². The molecule has 0 saturated carbocycles. The van der Waals surface area contributed by atoms with E-state index in [1.807, 2.05) is 110 Å². The fourth-order valence-corrected chi connectivity index (χ4v) is 6.21. The predicted octanol–water partition coefficient (Wildman–Crippen LogP) is 12.2. The van der Waals surface area contributed by atoms with E-state index in [-0.39, 0.29) is 30.4 Å². The first-order valence-corrected chi connectivity index (χ1v) is 24.0. The number of aliphatic hydroxyl groups is 1. The predicted molar refractivity (Wildman–Crippen MR) is 279 cm³/mol. The number of amides is 1. The van der Waals surface area contributed by atoms with E-state index in [1.165, 1.54) is 28.3 Å². The van der Waals surface area contributed by atoms with Crippen molar-refractivity contribution in [2.75, 3.05) is 19.8 Å². The van der Waals surface area contributed by atoms with Crippen LogP contribution >= 0.6 is 0 Å². The van der Waals surface area contributed by atoms with Crippen LogP contribution in [0.15, 0.2) is 158 Å². The van der Waals surface area contributed by atoms with E-state index in [1.54, 1.807) is 6.08 Å². The second-order valence-electron chi connectivity index (χ2n) is 16.0. The quantitative estimate of drug-likeness (QED) is 0.0250. The number of carbonyl (C=O) groups excluding carboxylic acids is 2. The fraction of sp³-hybridized carbons (Fsp3) is 0.362. The van der Waals surface area contributed by atoms with Gasteiger partial charge in [0.15, 0.2) is 0 Å². The van der Waals surface area contributed by atoms with Gasteiger partial charge in [0.05, 0.1) is 19.1 Å². The van der Waals surface area contributed by atoms with Crippen LogP contribution in [0.5, 0.6) is 0 Å². The summed E-state index contributed by atoms with van der Waals surface area (Å²) in [5, 5.41) is 32.2. The highest BCUT2D eigenvalue weighted by atomic mass is 16.5. The van der Waals surface area contributed by atoms with E-state index in [0.717, 1.165) is 83.1 Å². The van der Waals surface area contributed by atoms with Crippen molar-refractivity contribution in [3.05, 3.63) is 186 Å². The van der Waals surface area contributed by atoms with Gasteiger partial charge in [0.2, 0.25) is 0 Å². The number of benzene rings is 5. The van der Waals surface area contributed by atoms with Crippen LogP contribution in [0.2, 0.25) is 0 Å². The van der Waals surface area contributed by atoms with Crippen molar-refractivity contribution in [2.24, 2.45) is 11.7 Å². The Balaban J connectivity index is 0.000000877. The SMILES string of the molecule is CC(=O)O.CCCC(=O)OCC(C)c1ccccc1.CCCCC(CCCc1ccccc1)C(=O)O.NC(=O)O.O=C(C=Cc1ccccc1)OCCCc1ccccc1.OCCCc1ccccc1. The Morgan fingerprint density at radius 3 is 1.43 bits per heavy atom. The van der Waals surface area contributed by atoms with E-state index < -0.39 is 18.0 Å². The molecule has 0 aliphatic heterocycles. The van der Waals surface area contributed by atoms with Crippen molar-refractivity contribution in [3.8, 4) is 0 Å². The highest BCUT2D eigenvalue weighted by Crippen LogP contribution is 2.18. The third-order valence-electron chi connectivity index (χ3n) is 9.81. The summed E-state index contributed by atoms with van der Waals surface area (Å²) in [4.78, 5) is 51.5. The number of esters is 2. The Labute approximate surface area is 416 Å². The molecule has 5 aromatic carbocycles. The maximum atomic E-state index is 11.5. The summed E-state index contributed by atoms with van der Waals surface area (Å²) in [6.45, 7) is 8.43. The molecule has 5 aromatic rings.